The number of anilines is 1. The molecule has 0 unspecified atom stereocenters. The highest BCUT2D eigenvalue weighted by Crippen LogP contribution is 2.29. The van der Waals surface area contributed by atoms with Gasteiger partial charge >= 0.3 is 0 Å². The van der Waals surface area contributed by atoms with Crippen LogP contribution in [0, 0.1) is 3.57 Å². The van der Waals surface area contributed by atoms with Gasteiger partial charge in [0.15, 0.2) is 0 Å². The lowest BCUT2D eigenvalue weighted by Gasteiger charge is -2.21. The maximum absolute atomic E-state index is 5.07. The van der Waals surface area contributed by atoms with E-state index in [1.54, 1.807) is 7.11 Å². The Kier molecular flexibility index (Phi) is 5.12. The van der Waals surface area contributed by atoms with Crippen LogP contribution >= 0.6 is 22.6 Å². The van der Waals surface area contributed by atoms with E-state index in [-0.39, 0.29) is 5.41 Å². The topological polar surface area (TPSA) is 47.0 Å². The Labute approximate surface area is 117 Å². The molecule has 1 N–H and O–H groups in total. The maximum Gasteiger partial charge on any atom is 0.143 e. The highest BCUT2D eigenvalue weighted by atomic mass is 127. The van der Waals surface area contributed by atoms with Crippen molar-refractivity contribution in [3.05, 3.63) is 15.1 Å². The number of rotatable bonds is 4. The lowest BCUT2D eigenvalue weighted by atomic mass is 9.92. The fraction of sp³-hybridized carbons (Fsp3) is 0.667. The largest absolute Gasteiger partial charge is 0.384 e. The first kappa shape index (κ1) is 14.6. The molecule has 0 aliphatic rings. The Morgan fingerprint density at radius 3 is 2.41 bits per heavy atom. The number of methoxy groups -OCH3 is 1. The van der Waals surface area contributed by atoms with Crippen molar-refractivity contribution in [1.29, 1.82) is 0 Å². The zero-order valence-electron chi connectivity index (χ0n) is 11.1. The van der Waals surface area contributed by atoms with Crippen LogP contribution in [0.2, 0.25) is 0 Å². The molecule has 0 atom stereocenters. The summed E-state index contributed by atoms with van der Waals surface area (Å²) in [6.45, 7) is 7.14. The quantitative estimate of drug-likeness (QED) is 0.849. The molecule has 0 spiro atoms. The third-order valence-corrected chi connectivity index (χ3v) is 3.40. The molecule has 1 rings (SSSR count). The van der Waals surface area contributed by atoms with Crippen molar-refractivity contribution in [1.82, 2.24) is 9.97 Å². The Hall–Kier alpha value is -0.430. The number of nitrogens with zero attached hydrogens (tertiary/aromatic N) is 2. The molecule has 0 saturated heterocycles. The van der Waals surface area contributed by atoms with Crippen LogP contribution < -0.4 is 5.32 Å². The molecule has 17 heavy (non-hydrogen) atoms. The van der Waals surface area contributed by atoms with Crippen molar-refractivity contribution in [3.8, 4) is 0 Å². The first-order chi connectivity index (χ1) is 7.90. The van der Waals surface area contributed by atoms with Gasteiger partial charge in [-0.1, -0.05) is 20.8 Å². The van der Waals surface area contributed by atoms with E-state index in [9.17, 15) is 0 Å². The molecule has 96 valence electrons. The minimum atomic E-state index is 0.0207. The average Bonchev–Trinajstić information content (AvgIpc) is 2.26. The summed E-state index contributed by atoms with van der Waals surface area (Å²) >= 11 is 2.30. The minimum absolute atomic E-state index is 0.0207. The average molecular weight is 349 g/mol. The lowest BCUT2D eigenvalue weighted by Crippen LogP contribution is -2.19. The van der Waals surface area contributed by atoms with Gasteiger partial charge in [0.1, 0.15) is 11.6 Å². The Bertz CT molecular complexity index is 388. The van der Waals surface area contributed by atoms with Crippen LogP contribution in [-0.2, 0) is 16.6 Å². The zero-order chi connectivity index (χ0) is 13.1. The molecule has 4 nitrogen and oxygen atoms in total. The predicted molar refractivity (Wildman–Crippen MR) is 78.6 cm³/mol. The molecule has 1 aromatic rings. The predicted octanol–water partition coefficient (Wildman–Crippen LogP) is 2.61. The summed E-state index contributed by atoms with van der Waals surface area (Å²) in [7, 11) is 3.58. The SMILES string of the molecule is CNc1nc(CCOC)nc(C(C)(C)C)c1I. The van der Waals surface area contributed by atoms with Gasteiger partial charge in [0, 0.05) is 26.0 Å². The number of hydrogen-bond donors (Lipinski definition) is 1. The summed E-state index contributed by atoms with van der Waals surface area (Å²) in [5.74, 6) is 1.73. The molecule has 0 amide bonds. The van der Waals surface area contributed by atoms with Gasteiger partial charge in [-0.25, -0.2) is 9.97 Å². The van der Waals surface area contributed by atoms with Crippen LogP contribution in [-0.4, -0.2) is 30.7 Å². The molecule has 1 heterocycles. The first-order valence-corrected chi connectivity index (χ1v) is 6.71. The Morgan fingerprint density at radius 2 is 1.94 bits per heavy atom. The third-order valence-electron chi connectivity index (χ3n) is 2.37. The third kappa shape index (κ3) is 3.77. The van der Waals surface area contributed by atoms with E-state index < -0.39 is 0 Å². The fourth-order valence-electron chi connectivity index (χ4n) is 1.46. The number of nitrogens with one attached hydrogen (secondary N) is 1. The van der Waals surface area contributed by atoms with E-state index in [0.29, 0.717) is 6.61 Å². The van der Waals surface area contributed by atoms with Gasteiger partial charge in [-0.05, 0) is 22.6 Å². The normalized spacial score (nSPS) is 11.6. The highest BCUT2D eigenvalue weighted by Gasteiger charge is 2.22. The van der Waals surface area contributed by atoms with Crippen LogP contribution in [0.4, 0.5) is 5.82 Å². The molecule has 0 aromatic carbocycles. The molecular weight excluding hydrogens is 329 g/mol. The van der Waals surface area contributed by atoms with Crippen LogP contribution in [0.1, 0.15) is 32.3 Å². The summed E-state index contributed by atoms with van der Waals surface area (Å²) in [6.07, 6.45) is 0.741. The fourth-order valence-corrected chi connectivity index (χ4v) is 2.78. The molecule has 5 heteroatoms. The van der Waals surface area contributed by atoms with E-state index >= 15 is 0 Å². The second-order valence-corrected chi connectivity index (χ2v) is 5.97. The van der Waals surface area contributed by atoms with Gasteiger partial charge in [0.05, 0.1) is 15.9 Å². The molecule has 0 fully saturated rings. The molecule has 0 bridgehead atoms. The van der Waals surface area contributed by atoms with Crippen LogP contribution in [0.15, 0.2) is 0 Å². The number of hydrogen-bond acceptors (Lipinski definition) is 4. The zero-order valence-corrected chi connectivity index (χ0v) is 13.3. The number of halogens is 1. The van der Waals surface area contributed by atoms with Crippen LogP contribution in [0.3, 0.4) is 0 Å². The molecule has 0 aliphatic carbocycles. The molecule has 0 radical (unpaired) electrons. The minimum Gasteiger partial charge on any atom is -0.384 e. The standard InChI is InChI=1S/C12H20IN3O/c1-12(2,3)10-9(13)11(14-4)16-8(15-10)6-7-17-5/h6-7H2,1-5H3,(H,14,15,16). The summed E-state index contributed by atoms with van der Waals surface area (Å²) in [4.78, 5) is 9.14. The van der Waals surface area contributed by atoms with E-state index in [1.807, 2.05) is 7.05 Å². The van der Waals surface area contributed by atoms with Crippen molar-refractivity contribution in [3.63, 3.8) is 0 Å². The van der Waals surface area contributed by atoms with E-state index in [2.05, 4.69) is 58.6 Å². The highest BCUT2D eigenvalue weighted by molar-refractivity contribution is 14.1. The second kappa shape index (κ2) is 5.95. The second-order valence-electron chi connectivity index (χ2n) is 4.89. The smallest absolute Gasteiger partial charge is 0.143 e. The summed E-state index contributed by atoms with van der Waals surface area (Å²) in [6, 6.07) is 0. The van der Waals surface area contributed by atoms with Crippen LogP contribution in [0.5, 0.6) is 0 Å². The van der Waals surface area contributed by atoms with Gasteiger partial charge in [-0.2, -0.15) is 0 Å². The van der Waals surface area contributed by atoms with E-state index in [4.69, 9.17) is 4.74 Å². The van der Waals surface area contributed by atoms with Gasteiger partial charge in [-0.15, -0.1) is 0 Å². The first-order valence-electron chi connectivity index (χ1n) is 5.63. The van der Waals surface area contributed by atoms with Gasteiger partial charge in [0.25, 0.3) is 0 Å². The Morgan fingerprint density at radius 1 is 1.29 bits per heavy atom. The molecule has 1 aromatic heterocycles. The van der Waals surface area contributed by atoms with Crippen molar-refractivity contribution in [2.45, 2.75) is 32.6 Å². The summed E-state index contributed by atoms with van der Waals surface area (Å²) < 4.78 is 6.17. The van der Waals surface area contributed by atoms with Gasteiger partial charge < -0.3 is 10.1 Å². The van der Waals surface area contributed by atoms with Crippen molar-refractivity contribution in [2.24, 2.45) is 0 Å². The summed E-state index contributed by atoms with van der Waals surface area (Å²) in [5.41, 5.74) is 1.11. The molecule has 0 saturated carbocycles. The Balaban J connectivity index is 3.19. The molecular formula is C12H20IN3O. The number of aromatic nitrogens is 2. The summed E-state index contributed by atoms with van der Waals surface area (Å²) in [5, 5.41) is 3.13. The number of ether oxygens (including phenoxy) is 1. The van der Waals surface area contributed by atoms with Crippen molar-refractivity contribution < 1.29 is 4.74 Å². The maximum atomic E-state index is 5.07. The van der Waals surface area contributed by atoms with Gasteiger partial charge in [0.2, 0.25) is 0 Å². The monoisotopic (exact) mass is 349 g/mol. The van der Waals surface area contributed by atoms with E-state index in [0.717, 1.165) is 27.3 Å². The lowest BCUT2D eigenvalue weighted by molar-refractivity contribution is 0.200. The van der Waals surface area contributed by atoms with Crippen LogP contribution in [0.25, 0.3) is 0 Å². The van der Waals surface area contributed by atoms with Crippen molar-refractivity contribution in [2.75, 3.05) is 26.1 Å². The molecule has 0 aliphatic heterocycles. The van der Waals surface area contributed by atoms with E-state index in [1.165, 1.54) is 0 Å². The van der Waals surface area contributed by atoms with Gasteiger partial charge in [-0.3, -0.25) is 0 Å². The van der Waals surface area contributed by atoms with Crippen molar-refractivity contribution >= 4 is 28.4 Å².